The van der Waals surface area contributed by atoms with Gasteiger partial charge in [-0.05, 0) is 101 Å². The molecule has 3 atom stereocenters. The van der Waals surface area contributed by atoms with Gasteiger partial charge in [-0.3, -0.25) is 0 Å². The van der Waals surface area contributed by atoms with Crippen molar-refractivity contribution >= 4 is 23.2 Å². The van der Waals surface area contributed by atoms with Crippen molar-refractivity contribution in [2.24, 2.45) is 21.8 Å². The smallest absolute Gasteiger partial charge is 0.135 e. The van der Waals surface area contributed by atoms with Crippen molar-refractivity contribution in [3.63, 3.8) is 0 Å². The van der Waals surface area contributed by atoms with Crippen molar-refractivity contribution in [1.29, 1.82) is 0 Å². The summed E-state index contributed by atoms with van der Waals surface area (Å²) in [7, 11) is 0. The average Bonchev–Trinajstić information content (AvgIpc) is 3.26. The van der Waals surface area contributed by atoms with E-state index < -0.39 is 0 Å². The van der Waals surface area contributed by atoms with E-state index in [1.165, 1.54) is 16.7 Å². The molecule has 3 unspecified atom stereocenters. The summed E-state index contributed by atoms with van der Waals surface area (Å²) in [5.74, 6) is 1.35. The minimum absolute atomic E-state index is 0.0422. The molecular formula is C56H63N3. The Kier molecular flexibility index (Phi) is 18.4. The molecule has 1 heterocycles. The van der Waals surface area contributed by atoms with Crippen LogP contribution in [0, 0.1) is 11.8 Å². The summed E-state index contributed by atoms with van der Waals surface area (Å²) >= 11 is 0. The lowest BCUT2D eigenvalue weighted by atomic mass is 9.83. The van der Waals surface area contributed by atoms with Gasteiger partial charge in [-0.25, -0.2) is 15.0 Å². The fourth-order valence-corrected chi connectivity index (χ4v) is 6.80. The molecule has 0 aliphatic carbocycles. The molecule has 59 heavy (non-hydrogen) atoms. The summed E-state index contributed by atoms with van der Waals surface area (Å²) in [5.41, 5.74) is 12.9. The first-order valence-electron chi connectivity index (χ1n) is 21.0. The van der Waals surface area contributed by atoms with Crippen molar-refractivity contribution < 1.29 is 0 Å². The SMILES string of the molecule is C=C/C(C)=C(\C=C)c1ccccc1C(C)C(C)/C=C\C=C(/CC)c1cc(-c2cccc(C=NC(=NC(=C)C/C=C\C=C/CC)C(C)/C=C\C)c2)cc(-c2ccccc2)n1. The average molecular weight is 778 g/mol. The van der Waals surface area contributed by atoms with Crippen molar-refractivity contribution in [3.05, 3.63) is 211 Å². The van der Waals surface area contributed by atoms with Gasteiger partial charge in [0.05, 0.1) is 11.4 Å². The molecule has 0 amide bonds. The lowest BCUT2D eigenvalue weighted by Gasteiger charge is -2.22. The van der Waals surface area contributed by atoms with E-state index in [0.29, 0.717) is 12.3 Å². The Bertz CT molecular complexity index is 2290. The number of hydrogen-bond acceptors (Lipinski definition) is 2. The minimum atomic E-state index is 0.0422. The second-order valence-electron chi connectivity index (χ2n) is 14.9. The topological polar surface area (TPSA) is 37.6 Å². The van der Waals surface area contributed by atoms with Gasteiger partial charge in [0.1, 0.15) is 5.84 Å². The highest BCUT2D eigenvalue weighted by atomic mass is 14.9. The summed E-state index contributed by atoms with van der Waals surface area (Å²) in [5, 5.41) is 0. The number of allylic oxidation sites excluding steroid dienone is 13. The third-order valence-electron chi connectivity index (χ3n) is 10.5. The van der Waals surface area contributed by atoms with E-state index >= 15 is 0 Å². The van der Waals surface area contributed by atoms with Crippen LogP contribution in [0.4, 0.5) is 0 Å². The molecule has 0 fully saturated rings. The number of benzene rings is 3. The number of amidine groups is 1. The molecule has 3 nitrogen and oxygen atoms in total. The maximum absolute atomic E-state index is 5.24. The second-order valence-corrected chi connectivity index (χ2v) is 14.9. The summed E-state index contributed by atoms with van der Waals surface area (Å²) in [6, 6.07) is 32.0. The predicted octanol–water partition coefficient (Wildman–Crippen LogP) is 15.8. The molecule has 0 aliphatic heterocycles. The van der Waals surface area contributed by atoms with Gasteiger partial charge in [0.25, 0.3) is 0 Å². The van der Waals surface area contributed by atoms with Crippen LogP contribution in [0.2, 0.25) is 0 Å². The van der Waals surface area contributed by atoms with E-state index in [1.807, 2.05) is 43.5 Å². The van der Waals surface area contributed by atoms with Crippen LogP contribution < -0.4 is 0 Å². The van der Waals surface area contributed by atoms with Crippen molar-refractivity contribution in [1.82, 2.24) is 4.98 Å². The molecule has 302 valence electrons. The summed E-state index contributed by atoms with van der Waals surface area (Å²) in [6.45, 7) is 27.5. The highest BCUT2D eigenvalue weighted by Gasteiger charge is 2.17. The van der Waals surface area contributed by atoms with E-state index in [4.69, 9.17) is 15.0 Å². The first kappa shape index (κ1) is 45.5. The highest BCUT2D eigenvalue weighted by Crippen LogP contribution is 2.34. The first-order chi connectivity index (χ1) is 28.6. The number of aliphatic imine (C=N–C) groups is 2. The van der Waals surface area contributed by atoms with E-state index in [1.54, 1.807) is 0 Å². The Morgan fingerprint density at radius 2 is 1.51 bits per heavy atom. The summed E-state index contributed by atoms with van der Waals surface area (Å²) in [4.78, 5) is 15.0. The molecule has 0 bridgehead atoms. The van der Waals surface area contributed by atoms with Gasteiger partial charge < -0.3 is 0 Å². The van der Waals surface area contributed by atoms with Crippen molar-refractivity contribution in [3.8, 4) is 22.4 Å². The van der Waals surface area contributed by atoms with E-state index in [-0.39, 0.29) is 11.8 Å². The van der Waals surface area contributed by atoms with Crippen LogP contribution >= 0.6 is 0 Å². The Balaban J connectivity index is 1.69. The van der Waals surface area contributed by atoms with Crippen LogP contribution in [0.15, 0.2) is 199 Å². The summed E-state index contributed by atoms with van der Waals surface area (Å²) < 4.78 is 0. The molecule has 0 spiro atoms. The van der Waals surface area contributed by atoms with E-state index in [2.05, 4.69) is 189 Å². The van der Waals surface area contributed by atoms with Crippen LogP contribution in [0.1, 0.15) is 96.0 Å². The Hall–Kier alpha value is -6.19. The zero-order valence-corrected chi connectivity index (χ0v) is 36.4. The molecular weight excluding hydrogens is 715 g/mol. The van der Waals surface area contributed by atoms with Gasteiger partial charge in [-0.2, -0.15) is 0 Å². The fourth-order valence-electron chi connectivity index (χ4n) is 6.80. The number of nitrogens with zero attached hydrogens (tertiary/aromatic N) is 3. The van der Waals surface area contributed by atoms with Crippen molar-refractivity contribution in [2.75, 3.05) is 0 Å². The third-order valence-corrected chi connectivity index (χ3v) is 10.5. The molecule has 3 aromatic carbocycles. The number of aromatic nitrogens is 1. The molecule has 1 aromatic heterocycles. The molecule has 0 radical (unpaired) electrons. The molecule has 0 saturated heterocycles. The van der Waals surface area contributed by atoms with Crippen LogP contribution in [0.25, 0.3) is 33.5 Å². The quantitative estimate of drug-likeness (QED) is 0.0404. The molecule has 3 heteroatoms. The number of rotatable bonds is 19. The second kappa shape index (κ2) is 23.9. The minimum Gasteiger partial charge on any atom is -0.248 e. The monoisotopic (exact) mass is 778 g/mol. The van der Waals surface area contributed by atoms with Gasteiger partial charge in [0.2, 0.25) is 0 Å². The molecule has 4 aromatic rings. The first-order valence-corrected chi connectivity index (χ1v) is 21.0. The van der Waals surface area contributed by atoms with Gasteiger partial charge in [0, 0.05) is 29.8 Å². The Labute approximate surface area is 355 Å². The van der Waals surface area contributed by atoms with E-state index in [0.717, 1.165) is 69.2 Å². The third kappa shape index (κ3) is 13.4. The lowest BCUT2D eigenvalue weighted by Crippen LogP contribution is -2.07. The van der Waals surface area contributed by atoms with Crippen LogP contribution in [0.5, 0.6) is 0 Å². The van der Waals surface area contributed by atoms with Gasteiger partial charge in [-0.15, -0.1) is 0 Å². The van der Waals surface area contributed by atoms with Crippen LogP contribution in [0.3, 0.4) is 0 Å². The summed E-state index contributed by atoms with van der Waals surface area (Å²) in [6.07, 6.45) is 27.5. The maximum atomic E-state index is 5.24. The normalized spacial score (nSPS) is 14.7. The van der Waals surface area contributed by atoms with Crippen LogP contribution in [-0.2, 0) is 0 Å². The highest BCUT2D eigenvalue weighted by molar-refractivity contribution is 5.97. The predicted molar refractivity (Wildman–Crippen MR) is 261 cm³/mol. The lowest BCUT2D eigenvalue weighted by molar-refractivity contribution is 0.590. The number of hydrogen-bond donors (Lipinski definition) is 0. The maximum Gasteiger partial charge on any atom is 0.135 e. The van der Waals surface area contributed by atoms with Gasteiger partial charge in [0.15, 0.2) is 0 Å². The number of pyridine rings is 1. The molecule has 0 saturated carbocycles. The zero-order chi connectivity index (χ0) is 42.6. The van der Waals surface area contributed by atoms with Crippen molar-refractivity contribution in [2.45, 2.75) is 73.6 Å². The van der Waals surface area contributed by atoms with E-state index in [9.17, 15) is 0 Å². The fraction of sp³-hybridized carbons (Fsp3) is 0.232. The van der Waals surface area contributed by atoms with Gasteiger partial charge >= 0.3 is 0 Å². The molecule has 4 rings (SSSR count). The molecule has 0 N–H and O–H groups in total. The zero-order valence-electron chi connectivity index (χ0n) is 36.4. The largest absolute Gasteiger partial charge is 0.248 e. The standard InChI is InChI=1S/C56H63N3/c1-11-16-17-18-20-29-44(9)58-56(43(8)27-12-2)57-40-46-30-26-34-49(37-46)50-38-54(59-55(39-50)48-31-21-19-22-32-48)47(14-4)33-25-28-42(7)45(10)52-35-23-24-36-53(52)51(15-5)41(6)13-3/h12-13,15-28,30-40,42-43,45H,3,5,9,11,14,29H2,1-2,4,6-8,10H3/b17-16-,20-18-,27-12-,28-25-,47-33+,51-41+,57-40?,58-56?. The van der Waals surface area contributed by atoms with Crippen LogP contribution in [-0.4, -0.2) is 17.0 Å². The van der Waals surface area contributed by atoms with Gasteiger partial charge in [-0.1, -0.05) is 194 Å². The Morgan fingerprint density at radius 3 is 2.22 bits per heavy atom. The Morgan fingerprint density at radius 1 is 0.780 bits per heavy atom. The molecule has 0 aliphatic rings.